The second-order valence-corrected chi connectivity index (χ2v) is 5.31. The lowest BCUT2D eigenvalue weighted by molar-refractivity contribution is -0.117. The maximum atomic E-state index is 12.1. The summed E-state index contributed by atoms with van der Waals surface area (Å²) in [6.07, 6.45) is 5.96. The highest BCUT2D eigenvalue weighted by atomic mass is 16.5. The molecule has 0 radical (unpaired) electrons. The van der Waals surface area contributed by atoms with Crippen LogP contribution in [0, 0.1) is 0 Å². The van der Waals surface area contributed by atoms with Gasteiger partial charge in [0.25, 0.3) is 0 Å². The largest absolute Gasteiger partial charge is 0.493 e. The number of hydrogen-bond acceptors (Lipinski definition) is 4. The van der Waals surface area contributed by atoms with Crippen molar-refractivity contribution in [1.82, 2.24) is 10.3 Å². The van der Waals surface area contributed by atoms with Crippen LogP contribution in [-0.4, -0.2) is 31.7 Å². The third-order valence-corrected chi connectivity index (χ3v) is 3.57. The summed E-state index contributed by atoms with van der Waals surface area (Å²) in [5.74, 6) is 1.30. The molecule has 0 aliphatic heterocycles. The lowest BCUT2D eigenvalue weighted by atomic mass is 10.1. The first-order valence-electron chi connectivity index (χ1n) is 7.71. The van der Waals surface area contributed by atoms with Gasteiger partial charge in [-0.3, -0.25) is 9.78 Å². The molecule has 1 amide bonds. The average molecular weight is 326 g/mol. The molecule has 1 N–H and O–H groups in total. The van der Waals surface area contributed by atoms with Gasteiger partial charge in [-0.05, 0) is 48.7 Å². The fourth-order valence-electron chi connectivity index (χ4n) is 2.27. The van der Waals surface area contributed by atoms with E-state index in [4.69, 9.17) is 9.47 Å². The molecule has 2 aromatic rings. The van der Waals surface area contributed by atoms with Gasteiger partial charge in [0.2, 0.25) is 5.91 Å². The van der Waals surface area contributed by atoms with Gasteiger partial charge in [0.15, 0.2) is 11.5 Å². The maximum absolute atomic E-state index is 12.1. The predicted octanol–water partition coefficient (Wildman–Crippen LogP) is 2.86. The van der Waals surface area contributed by atoms with Crippen LogP contribution in [0.4, 0.5) is 0 Å². The monoisotopic (exact) mass is 326 g/mol. The van der Waals surface area contributed by atoms with Crippen molar-refractivity contribution >= 4 is 12.0 Å². The zero-order valence-corrected chi connectivity index (χ0v) is 14.2. The molecule has 0 spiro atoms. The number of rotatable bonds is 7. The van der Waals surface area contributed by atoms with Crippen molar-refractivity contribution in [2.45, 2.75) is 13.3 Å². The van der Waals surface area contributed by atoms with Gasteiger partial charge < -0.3 is 14.8 Å². The van der Waals surface area contributed by atoms with E-state index in [0.29, 0.717) is 30.0 Å². The van der Waals surface area contributed by atoms with Gasteiger partial charge in [0, 0.05) is 24.5 Å². The Morgan fingerprint density at radius 3 is 2.67 bits per heavy atom. The molecule has 24 heavy (non-hydrogen) atoms. The lowest BCUT2D eigenvalue weighted by Crippen LogP contribution is -2.26. The van der Waals surface area contributed by atoms with Crippen molar-refractivity contribution in [2.75, 3.05) is 20.8 Å². The molecular formula is C19H22N2O3. The van der Waals surface area contributed by atoms with Gasteiger partial charge in [-0.15, -0.1) is 0 Å². The minimum Gasteiger partial charge on any atom is -0.493 e. The number of ether oxygens (including phenoxy) is 2. The standard InChI is InChI=1S/C19H22N2O3/c1-14(11-16-5-4-9-20-13-16)19(22)21-10-8-15-6-7-17(23-2)18(12-15)24-3/h4-7,9,11-13H,8,10H2,1-3H3,(H,21,22)/b14-11+. The third kappa shape index (κ3) is 4.84. The molecular weight excluding hydrogens is 304 g/mol. The molecule has 126 valence electrons. The fourth-order valence-corrected chi connectivity index (χ4v) is 2.27. The molecule has 1 aromatic carbocycles. The summed E-state index contributed by atoms with van der Waals surface area (Å²) in [6, 6.07) is 9.50. The molecule has 0 aliphatic carbocycles. The number of hydrogen-bond donors (Lipinski definition) is 1. The summed E-state index contributed by atoms with van der Waals surface area (Å²) in [6.45, 7) is 2.34. The van der Waals surface area contributed by atoms with E-state index in [9.17, 15) is 4.79 Å². The number of nitrogens with one attached hydrogen (secondary N) is 1. The predicted molar refractivity (Wildman–Crippen MR) is 94.1 cm³/mol. The summed E-state index contributed by atoms with van der Waals surface area (Å²) in [7, 11) is 3.21. The zero-order valence-electron chi connectivity index (χ0n) is 14.2. The Bertz CT molecular complexity index is 712. The molecule has 0 bridgehead atoms. The highest BCUT2D eigenvalue weighted by Gasteiger charge is 2.06. The molecule has 0 saturated heterocycles. The molecule has 2 rings (SSSR count). The fraction of sp³-hybridized carbons (Fsp3) is 0.263. The first kappa shape index (κ1) is 17.5. The van der Waals surface area contributed by atoms with Gasteiger partial charge >= 0.3 is 0 Å². The molecule has 1 heterocycles. The van der Waals surface area contributed by atoms with E-state index in [2.05, 4.69) is 10.3 Å². The van der Waals surface area contributed by atoms with Crippen LogP contribution in [-0.2, 0) is 11.2 Å². The van der Waals surface area contributed by atoms with E-state index in [1.807, 2.05) is 36.4 Å². The van der Waals surface area contributed by atoms with Crippen molar-refractivity contribution < 1.29 is 14.3 Å². The number of carbonyl (C=O) groups is 1. The first-order chi connectivity index (χ1) is 11.6. The Morgan fingerprint density at radius 2 is 2.00 bits per heavy atom. The molecule has 0 fully saturated rings. The molecule has 5 heteroatoms. The number of pyridine rings is 1. The van der Waals surface area contributed by atoms with Gasteiger partial charge in [-0.25, -0.2) is 0 Å². The Kier molecular flexibility index (Phi) is 6.37. The van der Waals surface area contributed by atoms with Crippen molar-refractivity contribution in [3.05, 3.63) is 59.4 Å². The molecule has 1 aromatic heterocycles. The van der Waals surface area contributed by atoms with E-state index < -0.39 is 0 Å². The van der Waals surface area contributed by atoms with E-state index in [1.54, 1.807) is 33.5 Å². The topological polar surface area (TPSA) is 60.5 Å². The van der Waals surface area contributed by atoms with E-state index >= 15 is 0 Å². The molecule has 0 atom stereocenters. The quantitative estimate of drug-likeness (QED) is 0.795. The van der Waals surface area contributed by atoms with Crippen molar-refractivity contribution in [2.24, 2.45) is 0 Å². The number of methoxy groups -OCH3 is 2. The number of benzene rings is 1. The van der Waals surface area contributed by atoms with E-state index in [0.717, 1.165) is 11.1 Å². The van der Waals surface area contributed by atoms with Crippen LogP contribution in [0.2, 0.25) is 0 Å². The third-order valence-electron chi connectivity index (χ3n) is 3.57. The SMILES string of the molecule is COc1ccc(CCNC(=O)/C(C)=C/c2cccnc2)cc1OC. The second-order valence-electron chi connectivity index (χ2n) is 5.31. The molecule has 0 saturated carbocycles. The van der Waals surface area contributed by atoms with Crippen LogP contribution in [0.25, 0.3) is 6.08 Å². The highest BCUT2D eigenvalue weighted by Crippen LogP contribution is 2.27. The smallest absolute Gasteiger partial charge is 0.246 e. The molecule has 0 unspecified atom stereocenters. The Hall–Kier alpha value is -2.82. The lowest BCUT2D eigenvalue weighted by Gasteiger charge is -2.10. The number of carbonyl (C=O) groups excluding carboxylic acids is 1. The zero-order chi connectivity index (χ0) is 17.4. The Labute approximate surface area is 142 Å². The molecule has 5 nitrogen and oxygen atoms in total. The summed E-state index contributed by atoms with van der Waals surface area (Å²) < 4.78 is 10.5. The van der Waals surface area contributed by atoms with Gasteiger partial charge in [0.05, 0.1) is 14.2 Å². The highest BCUT2D eigenvalue weighted by molar-refractivity contribution is 5.97. The maximum Gasteiger partial charge on any atom is 0.246 e. The first-order valence-corrected chi connectivity index (χ1v) is 7.71. The Morgan fingerprint density at radius 1 is 1.21 bits per heavy atom. The van der Waals surface area contributed by atoms with Crippen molar-refractivity contribution in [1.29, 1.82) is 0 Å². The van der Waals surface area contributed by atoms with Gasteiger partial charge in [0.1, 0.15) is 0 Å². The van der Waals surface area contributed by atoms with E-state index in [1.165, 1.54) is 0 Å². The van der Waals surface area contributed by atoms with Crippen LogP contribution in [0.3, 0.4) is 0 Å². The van der Waals surface area contributed by atoms with Crippen LogP contribution < -0.4 is 14.8 Å². The van der Waals surface area contributed by atoms with Gasteiger partial charge in [-0.1, -0.05) is 12.1 Å². The number of aromatic nitrogens is 1. The Balaban J connectivity index is 1.89. The summed E-state index contributed by atoms with van der Waals surface area (Å²) in [5.41, 5.74) is 2.63. The second kappa shape index (κ2) is 8.72. The average Bonchev–Trinajstić information content (AvgIpc) is 2.62. The van der Waals surface area contributed by atoms with Crippen LogP contribution in [0.1, 0.15) is 18.1 Å². The normalized spacial score (nSPS) is 11.0. The minimum absolute atomic E-state index is 0.0840. The van der Waals surface area contributed by atoms with Crippen molar-refractivity contribution in [3.8, 4) is 11.5 Å². The van der Waals surface area contributed by atoms with Crippen LogP contribution in [0.15, 0.2) is 48.3 Å². The summed E-state index contributed by atoms with van der Waals surface area (Å²) in [4.78, 5) is 16.1. The minimum atomic E-state index is -0.0840. The summed E-state index contributed by atoms with van der Waals surface area (Å²) >= 11 is 0. The number of nitrogens with zero attached hydrogens (tertiary/aromatic N) is 1. The summed E-state index contributed by atoms with van der Waals surface area (Å²) in [5, 5.41) is 2.92. The van der Waals surface area contributed by atoms with Crippen LogP contribution in [0.5, 0.6) is 11.5 Å². The van der Waals surface area contributed by atoms with Crippen LogP contribution >= 0.6 is 0 Å². The number of amides is 1. The van der Waals surface area contributed by atoms with Gasteiger partial charge in [-0.2, -0.15) is 0 Å². The molecule has 0 aliphatic rings. The van der Waals surface area contributed by atoms with Crippen molar-refractivity contribution in [3.63, 3.8) is 0 Å². The van der Waals surface area contributed by atoms with E-state index in [-0.39, 0.29) is 5.91 Å².